The van der Waals surface area contributed by atoms with E-state index in [1.54, 1.807) is 0 Å². The van der Waals surface area contributed by atoms with Crippen molar-refractivity contribution in [2.75, 3.05) is 0 Å². The van der Waals surface area contributed by atoms with E-state index in [-0.39, 0.29) is 11.5 Å². The van der Waals surface area contributed by atoms with Crippen molar-refractivity contribution in [1.29, 1.82) is 0 Å². The molecule has 4 rings (SSSR count). The molecule has 7 nitrogen and oxygen atoms in total. The molecular formula is C35H56O7. The first kappa shape index (κ1) is 33.0. The zero-order chi connectivity index (χ0) is 31.0. The fourth-order valence-electron chi connectivity index (χ4n) is 10.3. The smallest absolute Gasteiger partial charge is 0.336 e. The molecule has 238 valence electrons. The fraction of sp³-hybridized carbons (Fsp3) is 0.857. The number of carbonyl (C=O) groups excluding carboxylic acids is 1. The number of rotatable bonds is 12. The van der Waals surface area contributed by atoms with E-state index in [4.69, 9.17) is 9.84 Å². The van der Waals surface area contributed by atoms with E-state index < -0.39 is 36.4 Å². The Balaban J connectivity index is 1.40. The average Bonchev–Trinajstić information content (AvgIpc) is 3.25. The van der Waals surface area contributed by atoms with Gasteiger partial charge in [-0.15, -0.1) is 0 Å². The molecule has 0 amide bonds. The van der Waals surface area contributed by atoms with Gasteiger partial charge in [0.2, 0.25) is 0 Å². The van der Waals surface area contributed by atoms with Gasteiger partial charge in [-0.1, -0.05) is 66.0 Å². The fourth-order valence-corrected chi connectivity index (χ4v) is 10.3. The molecule has 0 bridgehead atoms. The SMILES string of the molecule is CC[C@H](CCC(C)C1CCC2C3CC=C4CC(OC(=O)CC(O)(CC(=O)O)C(=O)O)CCC4(C)C3CCC12C)C(C)C. The first-order valence-corrected chi connectivity index (χ1v) is 16.7. The number of esters is 1. The highest BCUT2D eigenvalue weighted by atomic mass is 16.5. The number of carbonyl (C=O) groups is 3. The van der Waals surface area contributed by atoms with E-state index >= 15 is 0 Å². The lowest BCUT2D eigenvalue weighted by Gasteiger charge is -2.58. The van der Waals surface area contributed by atoms with Gasteiger partial charge >= 0.3 is 17.9 Å². The maximum Gasteiger partial charge on any atom is 0.336 e. The number of aliphatic hydroxyl groups is 1. The average molecular weight is 589 g/mol. The van der Waals surface area contributed by atoms with Crippen molar-refractivity contribution in [3.8, 4) is 0 Å². The monoisotopic (exact) mass is 588 g/mol. The van der Waals surface area contributed by atoms with Crippen LogP contribution in [-0.4, -0.2) is 44.9 Å². The second kappa shape index (κ2) is 12.6. The molecule has 0 saturated heterocycles. The third-order valence-corrected chi connectivity index (χ3v) is 12.9. The van der Waals surface area contributed by atoms with E-state index in [0.29, 0.717) is 30.1 Å². The lowest BCUT2D eigenvalue weighted by Crippen LogP contribution is -2.51. The van der Waals surface area contributed by atoms with Crippen LogP contribution in [0.25, 0.3) is 0 Å². The predicted octanol–water partition coefficient (Wildman–Crippen LogP) is 7.26. The van der Waals surface area contributed by atoms with Gasteiger partial charge in [0.05, 0.1) is 12.8 Å². The van der Waals surface area contributed by atoms with Crippen LogP contribution in [-0.2, 0) is 19.1 Å². The van der Waals surface area contributed by atoms with Crippen molar-refractivity contribution < 1.29 is 34.4 Å². The summed E-state index contributed by atoms with van der Waals surface area (Å²) in [5.74, 6) is 1.22. The summed E-state index contributed by atoms with van der Waals surface area (Å²) in [5, 5.41) is 28.6. The van der Waals surface area contributed by atoms with Crippen LogP contribution < -0.4 is 0 Å². The summed E-state index contributed by atoms with van der Waals surface area (Å²) in [6.45, 7) is 14.6. The number of aliphatic carboxylic acids is 2. The Morgan fingerprint density at radius 1 is 1.00 bits per heavy atom. The maximum absolute atomic E-state index is 12.6. The minimum absolute atomic E-state index is 0.0909. The van der Waals surface area contributed by atoms with Gasteiger partial charge in [-0.3, -0.25) is 9.59 Å². The van der Waals surface area contributed by atoms with Crippen LogP contribution in [0.4, 0.5) is 0 Å². The number of hydrogen-bond donors (Lipinski definition) is 3. The molecule has 0 heterocycles. The van der Waals surface area contributed by atoms with Crippen molar-refractivity contribution in [3.05, 3.63) is 11.6 Å². The molecule has 42 heavy (non-hydrogen) atoms. The maximum atomic E-state index is 12.6. The molecule has 4 aliphatic rings. The zero-order valence-electron chi connectivity index (χ0n) is 26.9. The van der Waals surface area contributed by atoms with Gasteiger partial charge in [0, 0.05) is 6.42 Å². The normalized spacial score (nSPS) is 37.0. The first-order chi connectivity index (χ1) is 19.6. The summed E-state index contributed by atoms with van der Waals surface area (Å²) in [7, 11) is 0. The molecule has 0 aromatic carbocycles. The molecule has 7 heteroatoms. The summed E-state index contributed by atoms with van der Waals surface area (Å²) >= 11 is 0. The Labute approximate surface area is 252 Å². The second-order valence-electron chi connectivity index (χ2n) is 15.4. The molecule has 0 spiro atoms. The Hall–Kier alpha value is -1.89. The van der Waals surface area contributed by atoms with E-state index in [2.05, 4.69) is 47.6 Å². The molecular weight excluding hydrogens is 532 g/mol. The van der Waals surface area contributed by atoms with Crippen molar-refractivity contribution in [1.82, 2.24) is 0 Å². The molecule has 3 N–H and O–H groups in total. The molecule has 9 unspecified atom stereocenters. The number of carboxylic acid groups (broad SMARTS) is 2. The summed E-state index contributed by atoms with van der Waals surface area (Å²) < 4.78 is 5.64. The summed E-state index contributed by atoms with van der Waals surface area (Å²) in [6.07, 6.45) is 12.7. The minimum Gasteiger partial charge on any atom is -0.481 e. The van der Waals surface area contributed by atoms with Crippen LogP contribution in [0.3, 0.4) is 0 Å². The Morgan fingerprint density at radius 3 is 2.33 bits per heavy atom. The van der Waals surface area contributed by atoms with Gasteiger partial charge in [0.15, 0.2) is 5.60 Å². The highest BCUT2D eigenvalue weighted by Crippen LogP contribution is 2.67. The quantitative estimate of drug-likeness (QED) is 0.162. The molecule has 0 aliphatic heterocycles. The van der Waals surface area contributed by atoms with E-state index in [1.807, 2.05) is 0 Å². The standard InChI is InChI=1S/C35H56O7/c1-7-23(21(2)3)9-8-22(4)27-12-13-28-26-11-10-24-18-25(14-16-33(24,5)29(26)15-17-34(27,28)6)42-31(38)20-35(41,32(39)40)19-30(36)37/h10,21-23,25-29,41H,7-9,11-20H2,1-6H3,(H,36,37)(H,39,40)/t22?,23-,25?,26?,27?,28?,29?,33?,34?,35?/m1/s1. The number of carboxylic acids is 2. The van der Waals surface area contributed by atoms with Crippen LogP contribution in [0, 0.1) is 52.3 Å². The topological polar surface area (TPSA) is 121 Å². The lowest BCUT2D eigenvalue weighted by molar-refractivity contribution is -0.174. The second-order valence-corrected chi connectivity index (χ2v) is 15.4. The van der Waals surface area contributed by atoms with E-state index in [1.165, 1.54) is 50.5 Å². The van der Waals surface area contributed by atoms with Crippen LogP contribution in [0.5, 0.6) is 0 Å². The number of allylic oxidation sites excluding steroid dienone is 1. The molecule has 3 saturated carbocycles. The van der Waals surface area contributed by atoms with Crippen molar-refractivity contribution in [2.45, 2.75) is 137 Å². The van der Waals surface area contributed by atoms with Gasteiger partial charge in [0.25, 0.3) is 0 Å². The van der Waals surface area contributed by atoms with Gasteiger partial charge in [-0.05, 0) is 104 Å². The lowest BCUT2D eigenvalue weighted by atomic mass is 9.47. The van der Waals surface area contributed by atoms with Gasteiger partial charge in [-0.2, -0.15) is 0 Å². The molecule has 0 aromatic rings. The Kier molecular flexibility index (Phi) is 9.91. The largest absolute Gasteiger partial charge is 0.481 e. The molecule has 0 radical (unpaired) electrons. The third kappa shape index (κ3) is 6.32. The van der Waals surface area contributed by atoms with E-state index in [0.717, 1.165) is 42.4 Å². The van der Waals surface area contributed by atoms with Gasteiger partial charge in [-0.25, -0.2) is 4.79 Å². The summed E-state index contributed by atoms with van der Waals surface area (Å²) in [6, 6.07) is 0. The molecule has 0 aromatic heterocycles. The zero-order valence-corrected chi connectivity index (χ0v) is 26.9. The van der Waals surface area contributed by atoms with Crippen LogP contribution in [0.15, 0.2) is 11.6 Å². The van der Waals surface area contributed by atoms with Gasteiger partial charge < -0.3 is 20.1 Å². The van der Waals surface area contributed by atoms with Crippen LogP contribution in [0.1, 0.15) is 125 Å². The minimum atomic E-state index is -2.67. The number of fused-ring (bicyclic) bond motifs is 5. The Bertz CT molecular complexity index is 1050. The van der Waals surface area contributed by atoms with Crippen LogP contribution >= 0.6 is 0 Å². The number of hydrogen-bond acceptors (Lipinski definition) is 5. The molecule has 10 atom stereocenters. The predicted molar refractivity (Wildman–Crippen MR) is 162 cm³/mol. The first-order valence-electron chi connectivity index (χ1n) is 16.7. The van der Waals surface area contributed by atoms with Crippen molar-refractivity contribution in [2.24, 2.45) is 52.3 Å². The Morgan fingerprint density at radius 2 is 1.71 bits per heavy atom. The van der Waals surface area contributed by atoms with Gasteiger partial charge in [0.1, 0.15) is 6.10 Å². The van der Waals surface area contributed by atoms with Crippen LogP contribution in [0.2, 0.25) is 0 Å². The van der Waals surface area contributed by atoms with E-state index in [9.17, 15) is 24.6 Å². The summed E-state index contributed by atoms with van der Waals surface area (Å²) in [4.78, 5) is 35.1. The highest BCUT2D eigenvalue weighted by Gasteiger charge is 2.59. The van der Waals surface area contributed by atoms with Crippen molar-refractivity contribution in [3.63, 3.8) is 0 Å². The highest BCUT2D eigenvalue weighted by molar-refractivity contribution is 5.88. The summed E-state index contributed by atoms with van der Waals surface area (Å²) in [5.41, 5.74) is -0.794. The number of ether oxygens (including phenoxy) is 1. The molecule has 4 aliphatic carbocycles. The third-order valence-electron chi connectivity index (χ3n) is 12.9. The van der Waals surface area contributed by atoms with Crippen molar-refractivity contribution >= 4 is 17.9 Å². The molecule has 3 fully saturated rings.